The molecule has 32 heavy (non-hydrogen) atoms. The molecule has 5 N–H and O–H groups in total. The fourth-order valence-corrected chi connectivity index (χ4v) is 4.12. The van der Waals surface area contributed by atoms with Gasteiger partial charge in [0.25, 0.3) is 0 Å². The summed E-state index contributed by atoms with van der Waals surface area (Å²) in [6.07, 6.45) is 3.05. The van der Waals surface area contributed by atoms with Crippen molar-refractivity contribution in [3.05, 3.63) is 45.2 Å². The monoisotopic (exact) mass is 463 g/mol. The van der Waals surface area contributed by atoms with Gasteiger partial charge < -0.3 is 14.0 Å². The number of pyridine rings is 1. The molecular formula is C22H30ClN5O4. The maximum absolute atomic E-state index is 12.8. The van der Waals surface area contributed by atoms with Gasteiger partial charge in [-0.15, -0.1) is 0 Å². The Labute approximate surface area is 192 Å². The van der Waals surface area contributed by atoms with Crippen molar-refractivity contribution in [2.45, 2.75) is 39.7 Å². The molecule has 3 rings (SSSR count). The van der Waals surface area contributed by atoms with Crippen molar-refractivity contribution in [2.75, 3.05) is 25.3 Å². The summed E-state index contributed by atoms with van der Waals surface area (Å²) in [6, 6.07) is 4.44. The summed E-state index contributed by atoms with van der Waals surface area (Å²) >= 11 is 6.51. The lowest BCUT2D eigenvalue weighted by atomic mass is 9.79. The summed E-state index contributed by atoms with van der Waals surface area (Å²) in [7, 11) is 1.65. The number of urea groups is 1. The minimum Gasteiger partial charge on any atom is -0.492 e. The molecule has 1 aliphatic heterocycles. The number of rotatable bonds is 6. The van der Waals surface area contributed by atoms with Gasteiger partial charge in [-0.3, -0.25) is 10.2 Å². The predicted octanol–water partition coefficient (Wildman–Crippen LogP) is 2.99. The first-order valence-electron chi connectivity index (χ1n) is 10.3. The van der Waals surface area contributed by atoms with E-state index in [1.807, 2.05) is 22.1 Å². The number of hydrogen-bond donors (Lipinski definition) is 3. The van der Waals surface area contributed by atoms with Crippen LogP contribution in [0.1, 0.15) is 38.8 Å². The zero-order chi connectivity index (χ0) is 23.6. The highest BCUT2D eigenvalue weighted by Crippen LogP contribution is 2.45. The Morgan fingerprint density at radius 3 is 2.66 bits per heavy atom. The highest BCUT2D eigenvalue weighted by molar-refractivity contribution is 6.32. The van der Waals surface area contributed by atoms with E-state index in [1.165, 1.54) is 6.07 Å². The number of fused-ring (bicyclic) bond motifs is 3. The molecule has 10 heteroatoms. The SMILES string of the molecule is COCCCOc1cc2c(cc1Cl)-c1cc(=O)c(N(N)C(=O)NN)cn1C(C(C)(C)C)C2. The van der Waals surface area contributed by atoms with E-state index in [1.54, 1.807) is 13.3 Å². The van der Waals surface area contributed by atoms with E-state index in [9.17, 15) is 9.59 Å². The van der Waals surface area contributed by atoms with E-state index in [0.29, 0.717) is 36.1 Å². The van der Waals surface area contributed by atoms with Gasteiger partial charge in [-0.2, -0.15) is 0 Å². The largest absolute Gasteiger partial charge is 0.492 e. The number of carbonyl (C=O) groups is 1. The maximum Gasteiger partial charge on any atom is 0.350 e. The average molecular weight is 464 g/mol. The van der Waals surface area contributed by atoms with Gasteiger partial charge in [0, 0.05) is 44.0 Å². The number of halogens is 1. The number of hydrazine groups is 2. The van der Waals surface area contributed by atoms with Crippen LogP contribution in [0.15, 0.2) is 29.2 Å². The third-order valence-electron chi connectivity index (χ3n) is 5.59. The first-order valence-corrected chi connectivity index (χ1v) is 10.7. The van der Waals surface area contributed by atoms with Crippen molar-refractivity contribution >= 4 is 23.3 Å². The van der Waals surface area contributed by atoms with Gasteiger partial charge in [-0.05, 0) is 29.5 Å². The van der Waals surface area contributed by atoms with Crippen LogP contribution in [-0.2, 0) is 11.2 Å². The van der Waals surface area contributed by atoms with Crippen LogP contribution in [0.5, 0.6) is 5.75 Å². The lowest BCUT2D eigenvalue weighted by Gasteiger charge is -2.39. The molecule has 2 aromatic rings. The summed E-state index contributed by atoms with van der Waals surface area (Å²) in [4.78, 5) is 24.7. The summed E-state index contributed by atoms with van der Waals surface area (Å²) < 4.78 is 12.9. The van der Waals surface area contributed by atoms with Crippen LogP contribution in [0.4, 0.5) is 10.5 Å². The van der Waals surface area contributed by atoms with Crippen LogP contribution < -0.4 is 32.3 Å². The van der Waals surface area contributed by atoms with E-state index in [-0.39, 0.29) is 17.1 Å². The molecule has 0 saturated heterocycles. The number of nitrogens with two attached hydrogens (primary N) is 2. The Morgan fingerprint density at radius 1 is 1.31 bits per heavy atom. The predicted molar refractivity (Wildman–Crippen MR) is 125 cm³/mol. The number of carbonyl (C=O) groups excluding carboxylic acids is 1. The van der Waals surface area contributed by atoms with Gasteiger partial charge in [-0.25, -0.2) is 21.5 Å². The molecule has 1 aromatic heterocycles. The van der Waals surface area contributed by atoms with Crippen molar-refractivity contribution in [3.63, 3.8) is 0 Å². The van der Waals surface area contributed by atoms with Gasteiger partial charge >= 0.3 is 6.03 Å². The minimum atomic E-state index is -0.788. The highest BCUT2D eigenvalue weighted by atomic mass is 35.5. The Kier molecular flexibility index (Phi) is 7.14. The molecule has 2 heterocycles. The standard InChI is InChI=1S/C22H30ClN5O4/c1-22(2,3)20-9-13-8-19(32-7-5-6-31-4)15(23)10-14(13)16-11-18(29)17(12-27(16)20)28(25)21(30)26-24/h8,10-12,20H,5-7,9,24-25H2,1-4H3,(H,26,30). The van der Waals surface area contributed by atoms with E-state index in [0.717, 1.165) is 22.6 Å². The van der Waals surface area contributed by atoms with Crippen LogP contribution in [0, 0.1) is 5.41 Å². The lowest BCUT2D eigenvalue weighted by Crippen LogP contribution is -2.49. The molecule has 174 valence electrons. The Morgan fingerprint density at radius 2 is 2.03 bits per heavy atom. The molecule has 0 spiro atoms. The van der Waals surface area contributed by atoms with Crippen molar-refractivity contribution in [2.24, 2.45) is 17.1 Å². The molecule has 9 nitrogen and oxygen atoms in total. The fourth-order valence-electron chi connectivity index (χ4n) is 3.90. The average Bonchev–Trinajstić information content (AvgIpc) is 2.74. The maximum atomic E-state index is 12.8. The number of benzene rings is 1. The number of nitrogens with one attached hydrogen (secondary N) is 1. The fraction of sp³-hybridized carbons (Fsp3) is 0.455. The van der Waals surface area contributed by atoms with Gasteiger partial charge in [0.05, 0.1) is 17.3 Å². The summed E-state index contributed by atoms with van der Waals surface area (Å²) in [5.74, 6) is 11.6. The smallest absolute Gasteiger partial charge is 0.350 e. The van der Waals surface area contributed by atoms with Crippen molar-refractivity contribution in [1.29, 1.82) is 0 Å². The number of nitrogens with zero attached hydrogens (tertiary/aromatic N) is 2. The van der Waals surface area contributed by atoms with E-state index < -0.39 is 11.5 Å². The Balaban J connectivity index is 2.11. The number of amides is 2. The first kappa shape index (κ1) is 24.1. The van der Waals surface area contributed by atoms with Crippen LogP contribution in [0.3, 0.4) is 0 Å². The topological polar surface area (TPSA) is 125 Å². The van der Waals surface area contributed by atoms with Gasteiger partial charge in [0.1, 0.15) is 11.4 Å². The third-order valence-corrected chi connectivity index (χ3v) is 5.89. The Hall–Kier alpha value is -2.59. The number of ether oxygens (including phenoxy) is 2. The zero-order valence-electron chi connectivity index (χ0n) is 18.8. The van der Waals surface area contributed by atoms with Crippen molar-refractivity contribution < 1.29 is 14.3 Å². The number of anilines is 1. The van der Waals surface area contributed by atoms with Crippen LogP contribution >= 0.6 is 11.6 Å². The number of methoxy groups -OCH3 is 1. The van der Waals surface area contributed by atoms with Gasteiger partial charge in [0.15, 0.2) is 0 Å². The zero-order valence-corrected chi connectivity index (χ0v) is 19.5. The van der Waals surface area contributed by atoms with Gasteiger partial charge in [0.2, 0.25) is 5.43 Å². The molecule has 0 fully saturated rings. The van der Waals surface area contributed by atoms with Crippen molar-refractivity contribution in [3.8, 4) is 17.0 Å². The third kappa shape index (κ3) is 4.75. The summed E-state index contributed by atoms with van der Waals surface area (Å²) in [6.45, 7) is 7.46. The van der Waals surface area contributed by atoms with Crippen LogP contribution in [-0.4, -0.2) is 30.9 Å². The molecule has 0 saturated carbocycles. The molecule has 0 bridgehead atoms. The molecule has 1 atom stereocenters. The van der Waals surface area contributed by atoms with Gasteiger partial charge in [-0.1, -0.05) is 32.4 Å². The second-order valence-corrected chi connectivity index (χ2v) is 9.26. The number of aromatic nitrogens is 1. The second kappa shape index (κ2) is 9.50. The Bertz CT molecular complexity index is 1060. The molecule has 1 unspecified atom stereocenters. The van der Waals surface area contributed by atoms with E-state index >= 15 is 0 Å². The first-order chi connectivity index (χ1) is 15.1. The molecule has 1 aromatic carbocycles. The quantitative estimate of drug-likeness (QED) is 0.262. The van der Waals surface area contributed by atoms with E-state index in [4.69, 9.17) is 32.8 Å². The number of hydrogen-bond acceptors (Lipinski definition) is 6. The van der Waals surface area contributed by atoms with Crippen molar-refractivity contribution in [1.82, 2.24) is 9.99 Å². The summed E-state index contributed by atoms with van der Waals surface area (Å²) in [5.41, 5.74) is 3.98. The molecular weight excluding hydrogens is 434 g/mol. The second-order valence-electron chi connectivity index (χ2n) is 8.86. The molecule has 0 radical (unpaired) electrons. The normalized spacial score (nSPS) is 15.0. The highest BCUT2D eigenvalue weighted by Gasteiger charge is 2.34. The molecule has 0 aliphatic carbocycles. The summed E-state index contributed by atoms with van der Waals surface area (Å²) in [5, 5.41) is 1.18. The molecule has 2 amide bonds. The van der Waals surface area contributed by atoms with E-state index in [2.05, 4.69) is 20.8 Å². The molecule has 1 aliphatic rings. The van der Waals surface area contributed by atoms with Crippen LogP contribution in [0.25, 0.3) is 11.3 Å². The minimum absolute atomic E-state index is 0.0128. The lowest BCUT2D eigenvalue weighted by molar-refractivity contribution is 0.172. The van der Waals surface area contributed by atoms with Crippen LogP contribution in [0.2, 0.25) is 5.02 Å².